The van der Waals surface area contributed by atoms with E-state index in [2.05, 4.69) is 6.92 Å². The van der Waals surface area contributed by atoms with Crippen LogP contribution in [-0.4, -0.2) is 19.2 Å². The molecule has 0 radical (unpaired) electrons. The van der Waals surface area contributed by atoms with Gasteiger partial charge in [0.1, 0.15) is 11.5 Å². The van der Waals surface area contributed by atoms with Gasteiger partial charge in [0.25, 0.3) is 0 Å². The molecule has 0 spiro atoms. The molecule has 2 aromatic rings. The van der Waals surface area contributed by atoms with Gasteiger partial charge in [0.2, 0.25) is 0 Å². The van der Waals surface area contributed by atoms with Crippen LogP contribution in [-0.2, 0) is 0 Å². The third-order valence-electron chi connectivity index (χ3n) is 3.81. The molecule has 0 bridgehead atoms. The maximum atomic E-state index is 12.5. The van der Waals surface area contributed by atoms with Gasteiger partial charge in [-0.25, -0.2) is 0 Å². The van der Waals surface area contributed by atoms with Crippen molar-refractivity contribution in [2.75, 3.05) is 13.7 Å². The molecule has 2 rings (SSSR count). The molecule has 1 unspecified atom stereocenters. The number of ether oxygens (including phenoxy) is 2. The van der Waals surface area contributed by atoms with Crippen LogP contribution < -0.4 is 33.6 Å². The van der Waals surface area contributed by atoms with Crippen molar-refractivity contribution in [1.82, 2.24) is 0 Å². The molecule has 2 aromatic carbocycles. The maximum Gasteiger partial charge on any atom is 1.00 e. The van der Waals surface area contributed by atoms with Crippen LogP contribution in [0.25, 0.3) is 0 Å². The zero-order valence-electron chi connectivity index (χ0n) is 15.7. The van der Waals surface area contributed by atoms with Crippen molar-refractivity contribution in [2.24, 2.45) is 0 Å². The standard InChI is InChI=1S/C20H24ClO3P.Li/c1-3-4-5-8-13-24-15-11-12-19(17(21)14-15)25-20(22)16-9-6-7-10-18(16)23-2;/h6-7,9-12,14,25H,3-5,8,13H2,1-2H3;/q;+1. The van der Waals surface area contributed by atoms with E-state index in [-0.39, 0.29) is 33.0 Å². The summed E-state index contributed by atoms with van der Waals surface area (Å²) in [5.74, 6) is 1.34. The fourth-order valence-corrected chi connectivity index (χ4v) is 3.68. The number of hydrogen-bond acceptors (Lipinski definition) is 3. The molecule has 134 valence electrons. The summed E-state index contributed by atoms with van der Waals surface area (Å²) in [6, 6.07) is 12.8. The number of para-hydroxylation sites is 1. The van der Waals surface area contributed by atoms with Crippen molar-refractivity contribution in [3.63, 3.8) is 0 Å². The monoisotopic (exact) mass is 385 g/mol. The Morgan fingerprint density at radius 3 is 2.58 bits per heavy atom. The molecule has 6 heteroatoms. The average Bonchev–Trinajstić information content (AvgIpc) is 2.63. The van der Waals surface area contributed by atoms with Crippen molar-refractivity contribution < 1.29 is 33.1 Å². The summed E-state index contributed by atoms with van der Waals surface area (Å²) in [4.78, 5) is 12.5. The Kier molecular flexibility index (Phi) is 11.0. The van der Waals surface area contributed by atoms with Gasteiger partial charge < -0.3 is 9.47 Å². The van der Waals surface area contributed by atoms with Gasteiger partial charge in [-0.2, -0.15) is 0 Å². The number of benzene rings is 2. The molecule has 0 aliphatic carbocycles. The first-order chi connectivity index (χ1) is 12.2. The van der Waals surface area contributed by atoms with E-state index >= 15 is 0 Å². The van der Waals surface area contributed by atoms with Gasteiger partial charge in [0.05, 0.1) is 24.3 Å². The topological polar surface area (TPSA) is 35.5 Å². The maximum absolute atomic E-state index is 12.5. The Bertz CT molecular complexity index is 709. The van der Waals surface area contributed by atoms with Crippen molar-refractivity contribution in [1.29, 1.82) is 0 Å². The van der Waals surface area contributed by atoms with Gasteiger partial charge in [0, 0.05) is 0 Å². The number of unbranched alkanes of at least 4 members (excludes halogenated alkanes) is 3. The Morgan fingerprint density at radius 2 is 1.88 bits per heavy atom. The smallest absolute Gasteiger partial charge is 0.496 e. The van der Waals surface area contributed by atoms with Gasteiger partial charge in [-0.1, -0.05) is 49.9 Å². The van der Waals surface area contributed by atoms with E-state index in [1.807, 2.05) is 24.3 Å². The minimum atomic E-state index is -0.0539. The van der Waals surface area contributed by atoms with Gasteiger partial charge in [-0.05, 0) is 50.6 Å². The Hall–Kier alpha value is -0.973. The molecule has 0 saturated carbocycles. The van der Waals surface area contributed by atoms with Crippen molar-refractivity contribution in [3.8, 4) is 11.5 Å². The van der Waals surface area contributed by atoms with E-state index in [9.17, 15) is 4.79 Å². The van der Waals surface area contributed by atoms with Crippen molar-refractivity contribution in [3.05, 3.63) is 53.1 Å². The summed E-state index contributed by atoms with van der Waals surface area (Å²) in [5, 5.41) is 1.38. The van der Waals surface area contributed by atoms with E-state index in [1.165, 1.54) is 19.3 Å². The molecule has 0 aliphatic heterocycles. The van der Waals surface area contributed by atoms with Crippen LogP contribution in [0.5, 0.6) is 11.5 Å². The fraction of sp³-hybridized carbons (Fsp3) is 0.350. The van der Waals surface area contributed by atoms with Crippen LogP contribution >= 0.6 is 20.2 Å². The first-order valence-electron chi connectivity index (χ1n) is 8.52. The number of halogens is 1. The molecule has 26 heavy (non-hydrogen) atoms. The third-order valence-corrected chi connectivity index (χ3v) is 5.48. The summed E-state index contributed by atoms with van der Waals surface area (Å²) in [7, 11) is 1.51. The second-order valence-electron chi connectivity index (χ2n) is 5.71. The SMILES string of the molecule is CCCCCCOc1ccc(PC(=O)c2ccccc2OC)c(Cl)c1.[Li+]. The van der Waals surface area contributed by atoms with Crippen molar-refractivity contribution in [2.45, 2.75) is 32.6 Å². The number of carbonyl (C=O) groups is 1. The predicted molar refractivity (Wildman–Crippen MR) is 106 cm³/mol. The molecule has 0 aliphatic rings. The van der Waals surface area contributed by atoms with E-state index in [4.69, 9.17) is 21.1 Å². The number of hydrogen-bond donors (Lipinski definition) is 0. The van der Waals surface area contributed by atoms with Crippen molar-refractivity contribution >= 4 is 31.0 Å². The Labute approximate surface area is 174 Å². The molecule has 0 amide bonds. The summed E-state index contributed by atoms with van der Waals surface area (Å²) in [5.41, 5.74) is 0.586. The minimum absolute atomic E-state index is 0. The molecular formula is C20H24ClLiO3P+. The van der Waals surface area contributed by atoms with Crippen LogP contribution in [0.4, 0.5) is 0 Å². The van der Waals surface area contributed by atoms with E-state index in [0.29, 0.717) is 22.9 Å². The van der Waals surface area contributed by atoms with Crippen LogP contribution in [0, 0.1) is 0 Å². The van der Waals surface area contributed by atoms with Crippen LogP contribution in [0.15, 0.2) is 42.5 Å². The molecule has 0 N–H and O–H groups in total. The van der Waals surface area contributed by atoms with Gasteiger partial charge in [0.15, 0.2) is 5.52 Å². The summed E-state index contributed by atoms with van der Waals surface area (Å²) in [6.45, 7) is 2.88. The second kappa shape index (κ2) is 12.4. The van der Waals surface area contributed by atoms with Gasteiger partial charge in [-0.3, -0.25) is 4.79 Å². The average molecular weight is 386 g/mol. The number of methoxy groups -OCH3 is 1. The quantitative estimate of drug-likeness (QED) is 0.358. The predicted octanol–water partition coefficient (Wildman–Crippen LogP) is 2.46. The molecule has 0 saturated heterocycles. The molecule has 3 nitrogen and oxygen atoms in total. The first-order valence-corrected chi connectivity index (χ1v) is 9.90. The first kappa shape index (κ1) is 23.1. The van der Waals surface area contributed by atoms with Gasteiger partial charge in [-0.15, -0.1) is 0 Å². The minimum Gasteiger partial charge on any atom is -0.496 e. The fourth-order valence-electron chi connectivity index (χ4n) is 2.43. The number of carbonyl (C=O) groups excluding carboxylic acids is 1. The van der Waals surface area contributed by atoms with E-state index in [1.54, 1.807) is 25.3 Å². The van der Waals surface area contributed by atoms with Crippen LogP contribution in [0.1, 0.15) is 43.0 Å². The molecule has 1 atom stereocenters. The largest absolute Gasteiger partial charge is 1.00 e. The zero-order chi connectivity index (χ0) is 18.1. The summed E-state index contributed by atoms with van der Waals surface area (Å²) in [6.07, 6.45) is 4.66. The molecule has 0 fully saturated rings. The second-order valence-corrected chi connectivity index (χ2v) is 7.36. The summed E-state index contributed by atoms with van der Waals surface area (Å²) >= 11 is 6.34. The normalized spacial score (nSPS) is 10.6. The summed E-state index contributed by atoms with van der Waals surface area (Å²) < 4.78 is 11.0. The Balaban J connectivity index is 0.00000338. The van der Waals surface area contributed by atoms with Gasteiger partial charge >= 0.3 is 18.9 Å². The van der Waals surface area contributed by atoms with E-state index < -0.39 is 0 Å². The van der Waals surface area contributed by atoms with Crippen LogP contribution in [0.2, 0.25) is 5.02 Å². The zero-order valence-corrected chi connectivity index (χ0v) is 17.4. The number of rotatable bonds is 10. The molecular weight excluding hydrogens is 362 g/mol. The molecule has 0 aromatic heterocycles. The Morgan fingerprint density at radius 1 is 1.12 bits per heavy atom. The van der Waals surface area contributed by atoms with Crippen LogP contribution in [0.3, 0.4) is 0 Å². The molecule has 0 heterocycles. The third kappa shape index (κ3) is 6.97. The van der Waals surface area contributed by atoms with E-state index in [0.717, 1.165) is 17.5 Å².